The van der Waals surface area contributed by atoms with Crippen LogP contribution in [0, 0.1) is 0 Å². The zero-order valence-corrected chi connectivity index (χ0v) is 8.90. The highest BCUT2D eigenvalue weighted by Gasteiger charge is 2.17. The summed E-state index contributed by atoms with van der Waals surface area (Å²) in [5.41, 5.74) is 0.908. The van der Waals surface area contributed by atoms with Crippen LogP contribution in [0.2, 0.25) is 0 Å². The van der Waals surface area contributed by atoms with E-state index in [4.69, 9.17) is 9.47 Å². The van der Waals surface area contributed by atoms with Crippen molar-refractivity contribution in [3.8, 4) is 0 Å². The number of ether oxygens (including phenoxy) is 2. The minimum absolute atomic E-state index is 0.127. The quantitative estimate of drug-likeness (QED) is 0.781. The fourth-order valence-electron chi connectivity index (χ4n) is 1.34. The van der Waals surface area contributed by atoms with Gasteiger partial charge in [-0.2, -0.15) is 5.10 Å². The minimum Gasteiger partial charge on any atom is -0.494 e. The molecule has 6 nitrogen and oxygen atoms in total. The van der Waals surface area contributed by atoms with E-state index < -0.39 is 0 Å². The molecule has 0 aromatic carbocycles. The highest BCUT2D eigenvalue weighted by Crippen LogP contribution is 2.11. The summed E-state index contributed by atoms with van der Waals surface area (Å²) in [7, 11) is 0. The fourth-order valence-corrected chi connectivity index (χ4v) is 1.34. The summed E-state index contributed by atoms with van der Waals surface area (Å²) in [5, 5.41) is 9.29. The third-order valence-electron chi connectivity index (χ3n) is 2.24. The molecule has 0 fully saturated rings. The van der Waals surface area contributed by atoms with E-state index in [9.17, 15) is 4.79 Å². The van der Waals surface area contributed by atoms with Crippen LogP contribution in [0.25, 0.3) is 0 Å². The van der Waals surface area contributed by atoms with Crippen LogP contribution in [0.5, 0.6) is 0 Å². The Morgan fingerprint density at radius 1 is 1.62 bits per heavy atom. The molecule has 16 heavy (non-hydrogen) atoms. The lowest BCUT2D eigenvalue weighted by Gasteiger charge is -2.17. The van der Waals surface area contributed by atoms with Crippen molar-refractivity contribution in [2.24, 2.45) is 0 Å². The van der Waals surface area contributed by atoms with Crippen LogP contribution in [0.3, 0.4) is 0 Å². The van der Waals surface area contributed by atoms with Gasteiger partial charge >= 0.3 is 0 Å². The van der Waals surface area contributed by atoms with Gasteiger partial charge in [-0.3, -0.25) is 9.89 Å². The first-order valence-electron chi connectivity index (χ1n) is 5.01. The number of hydrogen-bond donors (Lipinski definition) is 2. The molecule has 1 amide bonds. The van der Waals surface area contributed by atoms with Crippen molar-refractivity contribution < 1.29 is 14.3 Å². The molecule has 0 saturated carbocycles. The first-order chi connectivity index (χ1) is 7.77. The number of carbonyl (C=O) groups is 1. The van der Waals surface area contributed by atoms with Crippen LogP contribution in [0.4, 0.5) is 0 Å². The molecule has 2 N–H and O–H groups in total. The number of hydrogen-bond acceptors (Lipinski definition) is 4. The summed E-state index contributed by atoms with van der Waals surface area (Å²) in [6.45, 7) is 2.75. The van der Waals surface area contributed by atoms with Gasteiger partial charge in [0, 0.05) is 11.8 Å². The summed E-state index contributed by atoms with van der Waals surface area (Å²) in [6, 6.07) is -0.127. The van der Waals surface area contributed by atoms with Gasteiger partial charge in [0.15, 0.2) is 0 Å². The molecular weight excluding hydrogens is 210 g/mol. The van der Waals surface area contributed by atoms with E-state index in [0.29, 0.717) is 13.2 Å². The van der Waals surface area contributed by atoms with Crippen molar-refractivity contribution in [1.82, 2.24) is 15.5 Å². The molecule has 0 aliphatic carbocycles. The van der Waals surface area contributed by atoms with E-state index >= 15 is 0 Å². The van der Waals surface area contributed by atoms with Crippen LogP contribution < -0.4 is 5.32 Å². The standard InChI is InChI=1S/C10H13N3O3/c1-7(8-4-11-12-5-8)13-10(14)9-6-15-2-3-16-9/h4-7H,2-3H2,1H3,(H,11,12)(H,13,14). The Hall–Kier alpha value is -1.98. The van der Waals surface area contributed by atoms with Crippen molar-refractivity contribution in [2.75, 3.05) is 13.2 Å². The predicted octanol–water partition coefficient (Wildman–Crippen LogP) is 0.475. The number of aromatic nitrogens is 2. The topological polar surface area (TPSA) is 76.2 Å². The van der Waals surface area contributed by atoms with Crippen molar-refractivity contribution >= 4 is 5.91 Å². The Kier molecular flexibility index (Phi) is 3.09. The molecule has 6 heteroatoms. The Balaban J connectivity index is 1.94. The summed E-state index contributed by atoms with van der Waals surface area (Å²) in [4.78, 5) is 11.7. The Labute approximate surface area is 92.6 Å². The average molecular weight is 223 g/mol. The maximum atomic E-state index is 11.7. The molecule has 1 atom stereocenters. The van der Waals surface area contributed by atoms with Gasteiger partial charge in [-0.15, -0.1) is 0 Å². The Morgan fingerprint density at radius 2 is 2.50 bits per heavy atom. The van der Waals surface area contributed by atoms with Gasteiger partial charge in [-0.05, 0) is 6.92 Å². The number of nitrogens with zero attached hydrogens (tertiary/aromatic N) is 1. The van der Waals surface area contributed by atoms with E-state index in [2.05, 4.69) is 15.5 Å². The third-order valence-corrected chi connectivity index (χ3v) is 2.24. The molecule has 0 bridgehead atoms. The molecule has 1 aliphatic rings. The minimum atomic E-state index is -0.284. The van der Waals surface area contributed by atoms with Crippen LogP contribution in [0.1, 0.15) is 18.5 Å². The van der Waals surface area contributed by atoms with E-state index in [1.165, 1.54) is 6.26 Å². The van der Waals surface area contributed by atoms with Gasteiger partial charge in [0.1, 0.15) is 19.5 Å². The summed E-state index contributed by atoms with van der Waals surface area (Å²) >= 11 is 0. The Bertz CT molecular complexity index is 386. The van der Waals surface area contributed by atoms with Gasteiger partial charge in [-0.1, -0.05) is 0 Å². The smallest absolute Gasteiger partial charge is 0.290 e. The second-order valence-electron chi connectivity index (χ2n) is 3.43. The largest absolute Gasteiger partial charge is 0.494 e. The summed E-state index contributed by atoms with van der Waals surface area (Å²) in [6.07, 6.45) is 4.73. The second-order valence-corrected chi connectivity index (χ2v) is 3.43. The number of carbonyl (C=O) groups excluding carboxylic acids is 1. The maximum absolute atomic E-state index is 11.7. The third kappa shape index (κ3) is 2.33. The lowest BCUT2D eigenvalue weighted by molar-refractivity contribution is -0.122. The monoisotopic (exact) mass is 223 g/mol. The van der Waals surface area contributed by atoms with Crippen LogP contribution in [-0.4, -0.2) is 29.3 Å². The molecule has 0 spiro atoms. The van der Waals surface area contributed by atoms with Crippen molar-refractivity contribution in [3.63, 3.8) is 0 Å². The zero-order valence-electron chi connectivity index (χ0n) is 8.90. The normalized spacial score (nSPS) is 16.7. The average Bonchev–Trinajstić information content (AvgIpc) is 2.83. The molecule has 1 aromatic heterocycles. The molecule has 1 aliphatic heterocycles. The molecule has 0 radical (unpaired) electrons. The van der Waals surface area contributed by atoms with Crippen molar-refractivity contribution in [1.29, 1.82) is 0 Å². The SMILES string of the molecule is CC(NC(=O)C1=COCCO1)c1cn[nH]c1. The van der Waals surface area contributed by atoms with Crippen LogP contribution in [0.15, 0.2) is 24.4 Å². The van der Waals surface area contributed by atoms with Crippen LogP contribution >= 0.6 is 0 Å². The molecule has 1 aromatic rings. The number of aromatic amines is 1. The first kappa shape index (κ1) is 10.5. The van der Waals surface area contributed by atoms with Gasteiger partial charge in [0.25, 0.3) is 5.91 Å². The molecule has 2 heterocycles. The number of rotatable bonds is 3. The highest BCUT2D eigenvalue weighted by molar-refractivity contribution is 5.91. The second kappa shape index (κ2) is 4.69. The van der Waals surface area contributed by atoms with Gasteiger partial charge in [0.2, 0.25) is 5.76 Å². The maximum Gasteiger partial charge on any atom is 0.290 e. The van der Waals surface area contributed by atoms with E-state index in [1.807, 2.05) is 6.92 Å². The zero-order chi connectivity index (χ0) is 11.4. The number of H-pyrrole nitrogens is 1. The predicted molar refractivity (Wildman–Crippen MR) is 55.1 cm³/mol. The lowest BCUT2D eigenvalue weighted by Crippen LogP contribution is -2.30. The molecule has 86 valence electrons. The van der Waals surface area contributed by atoms with E-state index in [1.54, 1.807) is 12.4 Å². The number of amides is 1. The summed E-state index contributed by atoms with van der Waals surface area (Å²) in [5.74, 6) is -0.0741. The molecule has 0 saturated heterocycles. The molecule has 1 unspecified atom stereocenters. The van der Waals surface area contributed by atoms with E-state index in [0.717, 1.165) is 5.56 Å². The van der Waals surface area contributed by atoms with Gasteiger partial charge in [0.05, 0.1) is 12.2 Å². The van der Waals surface area contributed by atoms with Crippen molar-refractivity contribution in [3.05, 3.63) is 30.0 Å². The Morgan fingerprint density at radius 3 is 3.12 bits per heavy atom. The van der Waals surface area contributed by atoms with Crippen LogP contribution in [-0.2, 0) is 14.3 Å². The lowest BCUT2D eigenvalue weighted by atomic mass is 10.2. The fraction of sp³-hybridized carbons (Fsp3) is 0.400. The summed E-state index contributed by atoms with van der Waals surface area (Å²) < 4.78 is 10.2. The highest BCUT2D eigenvalue weighted by atomic mass is 16.6. The van der Waals surface area contributed by atoms with Gasteiger partial charge < -0.3 is 14.8 Å². The molecular formula is C10H13N3O3. The van der Waals surface area contributed by atoms with E-state index in [-0.39, 0.29) is 17.7 Å². The van der Waals surface area contributed by atoms with Gasteiger partial charge in [-0.25, -0.2) is 0 Å². The van der Waals surface area contributed by atoms with Crippen molar-refractivity contribution in [2.45, 2.75) is 13.0 Å². The molecule has 2 rings (SSSR count). The number of nitrogens with one attached hydrogen (secondary N) is 2. The first-order valence-corrected chi connectivity index (χ1v) is 5.01.